The van der Waals surface area contributed by atoms with Gasteiger partial charge in [0.05, 0.1) is 11.8 Å². The van der Waals surface area contributed by atoms with Crippen molar-refractivity contribution in [2.24, 2.45) is 5.16 Å². The quantitative estimate of drug-likeness (QED) is 0.493. The fraction of sp³-hybridized carbons (Fsp3) is 0.0714. The molecule has 0 heterocycles. The number of hydrogen-bond donors (Lipinski definition) is 1. The van der Waals surface area contributed by atoms with Crippen molar-refractivity contribution in [2.45, 2.75) is 6.18 Å². The summed E-state index contributed by atoms with van der Waals surface area (Å²) in [4.78, 5) is 0. The number of hydrogen-bond acceptors (Lipinski definition) is 2. The van der Waals surface area contributed by atoms with Crippen LogP contribution in [-0.2, 0) is 6.18 Å². The van der Waals surface area contributed by atoms with E-state index in [0.717, 1.165) is 12.3 Å². The van der Waals surface area contributed by atoms with Crippen molar-refractivity contribution in [3.05, 3.63) is 59.7 Å². The van der Waals surface area contributed by atoms with Crippen LogP contribution in [0, 0.1) is 0 Å². The molecule has 0 fully saturated rings. The van der Waals surface area contributed by atoms with Crippen LogP contribution in [0.1, 0.15) is 11.1 Å². The highest BCUT2D eigenvalue weighted by molar-refractivity contribution is 5.82. The molecule has 2 aromatic carbocycles. The van der Waals surface area contributed by atoms with Crippen LogP contribution in [0.25, 0.3) is 11.1 Å². The van der Waals surface area contributed by atoms with Gasteiger partial charge in [-0.1, -0.05) is 47.6 Å². The maximum absolute atomic E-state index is 13.0. The van der Waals surface area contributed by atoms with E-state index in [4.69, 9.17) is 5.21 Å². The molecule has 98 valence electrons. The van der Waals surface area contributed by atoms with E-state index in [1.54, 1.807) is 30.3 Å². The first kappa shape index (κ1) is 13.1. The zero-order chi connectivity index (χ0) is 13.9. The minimum Gasteiger partial charge on any atom is -0.411 e. The Morgan fingerprint density at radius 3 is 2.26 bits per heavy atom. The second-order valence-corrected chi connectivity index (χ2v) is 3.91. The van der Waals surface area contributed by atoms with Gasteiger partial charge in [0.1, 0.15) is 0 Å². The number of nitrogens with zero attached hydrogens (tertiary/aromatic N) is 1. The second kappa shape index (κ2) is 5.14. The van der Waals surface area contributed by atoms with E-state index in [2.05, 4.69) is 5.16 Å². The molecule has 0 aliphatic heterocycles. The molecule has 0 atom stereocenters. The number of oxime groups is 1. The molecule has 0 saturated carbocycles. The number of benzene rings is 2. The lowest BCUT2D eigenvalue weighted by molar-refractivity contribution is -0.137. The fourth-order valence-corrected chi connectivity index (χ4v) is 1.81. The second-order valence-electron chi connectivity index (χ2n) is 3.91. The molecule has 0 aliphatic rings. The van der Waals surface area contributed by atoms with Gasteiger partial charge in [-0.15, -0.1) is 0 Å². The molecule has 2 nitrogen and oxygen atoms in total. The summed E-state index contributed by atoms with van der Waals surface area (Å²) in [6, 6.07) is 12.1. The first-order valence-electron chi connectivity index (χ1n) is 5.46. The van der Waals surface area contributed by atoms with Gasteiger partial charge in [0.25, 0.3) is 0 Å². The van der Waals surface area contributed by atoms with Crippen LogP contribution in [0.3, 0.4) is 0 Å². The molecule has 0 bridgehead atoms. The Bertz CT molecular complexity index is 591. The topological polar surface area (TPSA) is 32.6 Å². The van der Waals surface area contributed by atoms with Crippen LogP contribution in [0.15, 0.2) is 53.7 Å². The van der Waals surface area contributed by atoms with E-state index >= 15 is 0 Å². The lowest BCUT2D eigenvalue weighted by Crippen LogP contribution is -2.08. The SMILES string of the molecule is O/N=C/c1ccc(-c2ccccc2)c(C(F)(F)F)c1. The van der Waals surface area contributed by atoms with E-state index in [9.17, 15) is 13.2 Å². The maximum atomic E-state index is 13.0. The number of halogens is 3. The summed E-state index contributed by atoms with van der Waals surface area (Å²) in [6.45, 7) is 0. The maximum Gasteiger partial charge on any atom is 0.417 e. The van der Waals surface area contributed by atoms with Crippen molar-refractivity contribution < 1.29 is 18.4 Å². The van der Waals surface area contributed by atoms with Crippen molar-refractivity contribution in [2.75, 3.05) is 0 Å². The normalized spacial score (nSPS) is 11.9. The van der Waals surface area contributed by atoms with Crippen LogP contribution >= 0.6 is 0 Å². The van der Waals surface area contributed by atoms with Gasteiger partial charge in [-0.05, 0) is 22.8 Å². The summed E-state index contributed by atoms with van der Waals surface area (Å²) in [7, 11) is 0. The zero-order valence-corrected chi connectivity index (χ0v) is 9.72. The van der Waals surface area contributed by atoms with E-state index in [1.165, 1.54) is 12.1 Å². The van der Waals surface area contributed by atoms with Crippen molar-refractivity contribution in [3.8, 4) is 11.1 Å². The van der Waals surface area contributed by atoms with Crippen LogP contribution in [0.5, 0.6) is 0 Å². The molecule has 0 saturated heterocycles. The highest BCUT2D eigenvalue weighted by atomic mass is 19.4. The third-order valence-corrected chi connectivity index (χ3v) is 2.64. The van der Waals surface area contributed by atoms with E-state index in [-0.39, 0.29) is 11.1 Å². The molecule has 2 rings (SSSR count). The predicted octanol–water partition coefficient (Wildman–Crippen LogP) is 4.18. The summed E-state index contributed by atoms with van der Waals surface area (Å²) in [5.74, 6) is 0. The highest BCUT2D eigenvalue weighted by Crippen LogP contribution is 2.37. The lowest BCUT2D eigenvalue weighted by atomic mass is 9.97. The van der Waals surface area contributed by atoms with Gasteiger partial charge in [0, 0.05) is 0 Å². The molecule has 5 heteroatoms. The van der Waals surface area contributed by atoms with Crippen molar-refractivity contribution in [1.29, 1.82) is 0 Å². The van der Waals surface area contributed by atoms with Crippen molar-refractivity contribution in [3.63, 3.8) is 0 Å². The predicted molar refractivity (Wildman–Crippen MR) is 66.3 cm³/mol. The summed E-state index contributed by atoms with van der Waals surface area (Å²) < 4.78 is 39.1. The van der Waals surface area contributed by atoms with E-state index < -0.39 is 11.7 Å². The van der Waals surface area contributed by atoms with Gasteiger partial charge >= 0.3 is 6.18 Å². The van der Waals surface area contributed by atoms with Crippen LogP contribution in [0.2, 0.25) is 0 Å². The molecular formula is C14H10F3NO. The van der Waals surface area contributed by atoms with E-state index in [1.807, 2.05) is 0 Å². The number of alkyl halides is 3. The van der Waals surface area contributed by atoms with Gasteiger partial charge in [-0.2, -0.15) is 13.2 Å². The van der Waals surface area contributed by atoms with Gasteiger partial charge in [-0.3, -0.25) is 0 Å². The van der Waals surface area contributed by atoms with Crippen molar-refractivity contribution >= 4 is 6.21 Å². The van der Waals surface area contributed by atoms with Gasteiger partial charge in [-0.25, -0.2) is 0 Å². The third-order valence-electron chi connectivity index (χ3n) is 2.64. The third kappa shape index (κ3) is 2.93. The minimum absolute atomic E-state index is 0.100. The summed E-state index contributed by atoms with van der Waals surface area (Å²) in [5, 5.41) is 11.1. The minimum atomic E-state index is -4.47. The molecule has 0 unspecified atom stereocenters. The Kier molecular flexibility index (Phi) is 3.55. The average Bonchev–Trinajstić information content (AvgIpc) is 2.39. The Morgan fingerprint density at radius 2 is 1.68 bits per heavy atom. The molecule has 1 N–H and O–H groups in total. The molecule has 0 aromatic heterocycles. The molecule has 0 spiro atoms. The lowest BCUT2D eigenvalue weighted by Gasteiger charge is -2.13. The van der Waals surface area contributed by atoms with Gasteiger partial charge < -0.3 is 5.21 Å². The summed E-state index contributed by atoms with van der Waals surface area (Å²) in [6.07, 6.45) is -3.51. The average molecular weight is 265 g/mol. The fourth-order valence-electron chi connectivity index (χ4n) is 1.81. The largest absolute Gasteiger partial charge is 0.417 e. The Hall–Kier alpha value is -2.30. The molecular weight excluding hydrogens is 255 g/mol. The van der Waals surface area contributed by atoms with Gasteiger partial charge in [0.2, 0.25) is 0 Å². The zero-order valence-electron chi connectivity index (χ0n) is 9.72. The van der Waals surface area contributed by atoms with Crippen LogP contribution in [0.4, 0.5) is 13.2 Å². The highest BCUT2D eigenvalue weighted by Gasteiger charge is 2.33. The smallest absolute Gasteiger partial charge is 0.411 e. The standard InChI is InChI=1S/C14H10F3NO/c15-14(16,17)13-8-10(9-18-19)6-7-12(13)11-4-2-1-3-5-11/h1-9,19H/b18-9+. The summed E-state index contributed by atoms with van der Waals surface area (Å²) >= 11 is 0. The van der Waals surface area contributed by atoms with Crippen molar-refractivity contribution in [1.82, 2.24) is 0 Å². The van der Waals surface area contributed by atoms with Crippen LogP contribution in [-0.4, -0.2) is 11.4 Å². The molecule has 0 amide bonds. The first-order valence-corrected chi connectivity index (χ1v) is 5.46. The van der Waals surface area contributed by atoms with E-state index in [0.29, 0.717) is 5.56 Å². The van der Waals surface area contributed by atoms with Crippen LogP contribution < -0.4 is 0 Å². The Balaban J connectivity index is 2.61. The molecule has 2 aromatic rings. The van der Waals surface area contributed by atoms with Gasteiger partial charge in [0.15, 0.2) is 0 Å². The molecule has 0 aliphatic carbocycles. The first-order chi connectivity index (χ1) is 9.02. The summed E-state index contributed by atoms with van der Waals surface area (Å²) in [5.41, 5.74) is 0.0242. The Labute approximate surface area is 107 Å². The monoisotopic (exact) mass is 265 g/mol. The molecule has 0 radical (unpaired) electrons. The molecule has 19 heavy (non-hydrogen) atoms. The number of rotatable bonds is 2. The Morgan fingerprint density at radius 1 is 1.00 bits per heavy atom.